The number of rotatable bonds is 3. The number of pyridine rings is 1. The first-order chi connectivity index (χ1) is 13.7. The zero-order valence-corrected chi connectivity index (χ0v) is 16.0. The maximum Gasteiger partial charge on any atom is 0.266 e. The Bertz CT molecular complexity index is 1200. The van der Waals surface area contributed by atoms with Crippen LogP contribution in [0.4, 0.5) is 0 Å². The van der Waals surface area contributed by atoms with E-state index in [1.54, 1.807) is 15.3 Å². The molecule has 0 radical (unpaired) electrons. The molecule has 1 aliphatic rings. The van der Waals surface area contributed by atoms with Gasteiger partial charge in [0.1, 0.15) is 0 Å². The molecule has 1 saturated carbocycles. The van der Waals surface area contributed by atoms with Gasteiger partial charge in [0, 0.05) is 24.0 Å². The summed E-state index contributed by atoms with van der Waals surface area (Å²) < 4.78 is 3.39. The summed E-state index contributed by atoms with van der Waals surface area (Å²) in [5.41, 5.74) is 2.77. The lowest BCUT2D eigenvalue weighted by atomic mass is 9.89. The van der Waals surface area contributed by atoms with E-state index in [2.05, 4.69) is 29.0 Å². The van der Waals surface area contributed by atoms with E-state index < -0.39 is 0 Å². The Morgan fingerprint density at radius 1 is 1.07 bits per heavy atom. The number of benzene rings is 1. The van der Waals surface area contributed by atoms with Crippen LogP contribution in [0.15, 0.2) is 47.5 Å². The standard InChI is InChI=1S/C22H23N5O/c1-2-15-8-10-17(11-9-15)26-13-12-19-18(21(26)28)14-23-22-24-20(25-27(19)22)16-6-4-3-5-7-16/h8-14,16H,2-7H2,1H3. The van der Waals surface area contributed by atoms with Crippen LogP contribution in [0.5, 0.6) is 0 Å². The maximum absolute atomic E-state index is 13.1. The van der Waals surface area contributed by atoms with Crippen molar-refractivity contribution < 1.29 is 0 Å². The van der Waals surface area contributed by atoms with Gasteiger partial charge in [-0.25, -0.2) is 4.98 Å². The molecule has 1 fully saturated rings. The summed E-state index contributed by atoms with van der Waals surface area (Å²) in [6.45, 7) is 2.12. The van der Waals surface area contributed by atoms with Gasteiger partial charge in [0.25, 0.3) is 11.3 Å². The molecule has 5 rings (SSSR count). The minimum Gasteiger partial charge on any atom is -0.284 e. The first kappa shape index (κ1) is 17.1. The van der Waals surface area contributed by atoms with Gasteiger partial charge in [-0.3, -0.25) is 9.36 Å². The Morgan fingerprint density at radius 2 is 1.86 bits per heavy atom. The normalized spacial score (nSPS) is 15.5. The summed E-state index contributed by atoms with van der Waals surface area (Å²) in [4.78, 5) is 22.2. The zero-order valence-electron chi connectivity index (χ0n) is 16.0. The molecular formula is C22H23N5O. The summed E-state index contributed by atoms with van der Waals surface area (Å²) in [6, 6.07) is 10.0. The van der Waals surface area contributed by atoms with Crippen LogP contribution in [0.25, 0.3) is 22.4 Å². The fourth-order valence-electron chi connectivity index (χ4n) is 4.16. The second-order valence-electron chi connectivity index (χ2n) is 7.58. The topological polar surface area (TPSA) is 65.1 Å². The Morgan fingerprint density at radius 3 is 2.61 bits per heavy atom. The minimum atomic E-state index is -0.0918. The predicted molar refractivity (Wildman–Crippen MR) is 109 cm³/mol. The number of fused-ring (bicyclic) bond motifs is 3. The molecule has 6 nitrogen and oxygen atoms in total. The van der Waals surface area contributed by atoms with Crippen LogP contribution in [-0.2, 0) is 6.42 Å². The van der Waals surface area contributed by atoms with Crippen LogP contribution in [0.2, 0.25) is 0 Å². The Kier molecular flexibility index (Phi) is 4.19. The third-order valence-corrected chi connectivity index (χ3v) is 5.84. The van der Waals surface area contributed by atoms with Crippen molar-refractivity contribution in [3.05, 3.63) is 64.5 Å². The number of hydrogen-bond acceptors (Lipinski definition) is 4. The van der Waals surface area contributed by atoms with Crippen molar-refractivity contribution in [3.63, 3.8) is 0 Å². The second-order valence-corrected chi connectivity index (χ2v) is 7.58. The second kappa shape index (κ2) is 6.86. The third-order valence-electron chi connectivity index (χ3n) is 5.84. The lowest BCUT2D eigenvalue weighted by molar-refractivity contribution is 0.429. The monoisotopic (exact) mass is 373 g/mol. The van der Waals surface area contributed by atoms with E-state index in [1.807, 2.05) is 24.4 Å². The van der Waals surface area contributed by atoms with Gasteiger partial charge in [-0.15, -0.1) is 5.10 Å². The highest BCUT2D eigenvalue weighted by Crippen LogP contribution is 2.31. The third kappa shape index (κ3) is 2.80. The smallest absolute Gasteiger partial charge is 0.266 e. The number of aromatic nitrogens is 5. The molecule has 0 N–H and O–H groups in total. The van der Waals surface area contributed by atoms with E-state index in [0.717, 1.165) is 36.3 Å². The van der Waals surface area contributed by atoms with E-state index >= 15 is 0 Å². The van der Waals surface area contributed by atoms with Crippen molar-refractivity contribution in [3.8, 4) is 5.69 Å². The fraction of sp³-hybridized carbons (Fsp3) is 0.364. The zero-order chi connectivity index (χ0) is 19.1. The molecule has 0 atom stereocenters. The summed E-state index contributed by atoms with van der Waals surface area (Å²) in [5.74, 6) is 1.83. The Hall–Kier alpha value is -3.02. The van der Waals surface area contributed by atoms with Crippen molar-refractivity contribution >= 4 is 16.7 Å². The summed E-state index contributed by atoms with van der Waals surface area (Å²) in [7, 11) is 0. The summed E-state index contributed by atoms with van der Waals surface area (Å²) in [6.07, 6.45) is 10.4. The molecule has 0 unspecified atom stereocenters. The van der Waals surface area contributed by atoms with Gasteiger partial charge in [-0.2, -0.15) is 9.50 Å². The molecule has 0 spiro atoms. The minimum absolute atomic E-state index is 0.0918. The van der Waals surface area contributed by atoms with Gasteiger partial charge in [0.05, 0.1) is 10.9 Å². The van der Waals surface area contributed by atoms with Crippen molar-refractivity contribution in [1.29, 1.82) is 0 Å². The van der Waals surface area contributed by atoms with Crippen molar-refractivity contribution in [1.82, 2.24) is 24.1 Å². The molecule has 0 saturated heterocycles. The molecule has 28 heavy (non-hydrogen) atoms. The lowest BCUT2D eigenvalue weighted by Crippen LogP contribution is -2.18. The lowest BCUT2D eigenvalue weighted by Gasteiger charge is -2.17. The quantitative estimate of drug-likeness (QED) is 0.544. The highest BCUT2D eigenvalue weighted by atomic mass is 16.1. The van der Waals surface area contributed by atoms with E-state index in [-0.39, 0.29) is 5.56 Å². The van der Waals surface area contributed by atoms with Gasteiger partial charge in [-0.1, -0.05) is 38.3 Å². The van der Waals surface area contributed by atoms with Gasteiger partial charge in [-0.05, 0) is 43.0 Å². The number of hydrogen-bond donors (Lipinski definition) is 0. The Labute approximate surface area is 162 Å². The molecule has 0 amide bonds. The highest BCUT2D eigenvalue weighted by molar-refractivity contribution is 5.79. The van der Waals surface area contributed by atoms with Gasteiger partial charge < -0.3 is 0 Å². The van der Waals surface area contributed by atoms with E-state index in [1.165, 1.54) is 24.8 Å². The molecule has 3 heterocycles. The molecule has 4 aromatic rings. The first-order valence-corrected chi connectivity index (χ1v) is 10.1. The average Bonchev–Trinajstić information content (AvgIpc) is 3.20. The van der Waals surface area contributed by atoms with E-state index in [0.29, 0.717) is 17.1 Å². The van der Waals surface area contributed by atoms with Crippen molar-refractivity contribution in [2.45, 2.75) is 51.4 Å². The molecule has 142 valence electrons. The molecule has 1 aliphatic carbocycles. The van der Waals surface area contributed by atoms with Crippen LogP contribution in [-0.4, -0.2) is 24.1 Å². The van der Waals surface area contributed by atoms with Crippen LogP contribution in [0.1, 0.15) is 56.3 Å². The average molecular weight is 373 g/mol. The predicted octanol–water partition coefficient (Wildman–Crippen LogP) is 4.04. The molecule has 0 aliphatic heterocycles. The van der Waals surface area contributed by atoms with E-state index in [4.69, 9.17) is 5.10 Å². The summed E-state index contributed by atoms with van der Waals surface area (Å²) >= 11 is 0. The molecular weight excluding hydrogens is 350 g/mol. The Balaban J connectivity index is 1.62. The van der Waals surface area contributed by atoms with Gasteiger partial charge >= 0.3 is 0 Å². The highest BCUT2D eigenvalue weighted by Gasteiger charge is 2.21. The maximum atomic E-state index is 13.1. The molecule has 6 heteroatoms. The SMILES string of the molecule is CCc1ccc(-n2ccc3c(cnc4nc(C5CCCCC5)nn43)c2=O)cc1. The van der Waals surface area contributed by atoms with Crippen molar-refractivity contribution in [2.24, 2.45) is 0 Å². The number of nitrogens with zero attached hydrogens (tertiary/aromatic N) is 5. The largest absolute Gasteiger partial charge is 0.284 e. The van der Waals surface area contributed by atoms with Crippen LogP contribution >= 0.6 is 0 Å². The molecule has 0 bridgehead atoms. The van der Waals surface area contributed by atoms with Crippen LogP contribution < -0.4 is 5.56 Å². The van der Waals surface area contributed by atoms with E-state index in [9.17, 15) is 4.79 Å². The summed E-state index contributed by atoms with van der Waals surface area (Å²) in [5, 5.41) is 5.28. The van der Waals surface area contributed by atoms with Gasteiger partial charge in [0.15, 0.2) is 5.82 Å². The van der Waals surface area contributed by atoms with Crippen LogP contribution in [0.3, 0.4) is 0 Å². The molecule has 1 aromatic carbocycles. The van der Waals surface area contributed by atoms with Gasteiger partial charge in [0.2, 0.25) is 0 Å². The van der Waals surface area contributed by atoms with Crippen molar-refractivity contribution in [2.75, 3.05) is 0 Å². The molecule has 3 aromatic heterocycles. The number of aryl methyl sites for hydroxylation is 1. The van der Waals surface area contributed by atoms with Crippen LogP contribution in [0, 0.1) is 0 Å². The first-order valence-electron chi connectivity index (χ1n) is 10.1. The fourth-order valence-corrected chi connectivity index (χ4v) is 4.16.